The molecule has 0 bridgehead atoms. The molecule has 0 aromatic heterocycles. The molecular formula is C15H30N2O2. The van der Waals surface area contributed by atoms with Gasteiger partial charge in [0, 0.05) is 26.6 Å². The summed E-state index contributed by atoms with van der Waals surface area (Å²) in [6.45, 7) is 8.74. The molecular weight excluding hydrogens is 240 g/mol. The van der Waals surface area contributed by atoms with Crippen molar-refractivity contribution >= 4 is 5.91 Å². The number of hydrogen-bond donors (Lipinski definition) is 1. The average Bonchev–Trinajstić information content (AvgIpc) is 2.37. The smallest absolute Gasteiger partial charge is 0.222 e. The number of piperidine rings is 1. The molecule has 2 N–H and O–H groups in total. The number of carbonyl (C=O) groups excluding carboxylic acids is 1. The number of likely N-dealkylation sites (tertiary alicyclic amines) is 1. The molecule has 4 nitrogen and oxygen atoms in total. The van der Waals surface area contributed by atoms with Gasteiger partial charge >= 0.3 is 0 Å². The first-order valence-corrected chi connectivity index (χ1v) is 7.48. The zero-order chi connectivity index (χ0) is 14.4. The normalized spacial score (nSPS) is 25.7. The minimum absolute atomic E-state index is 0.180. The van der Waals surface area contributed by atoms with E-state index in [1.54, 1.807) is 7.11 Å². The summed E-state index contributed by atoms with van der Waals surface area (Å²) in [6.07, 6.45) is 2.82. The Hall–Kier alpha value is -0.610. The van der Waals surface area contributed by atoms with Crippen LogP contribution in [0, 0.1) is 17.8 Å². The van der Waals surface area contributed by atoms with E-state index in [1.165, 1.54) is 0 Å². The Morgan fingerprint density at radius 2 is 2.16 bits per heavy atom. The standard InChI is InChI=1S/C15H30N2O2/c1-11(2)7-13(9-16)8-15(18)17-6-5-12(3)14(10-17)19-4/h11-14H,5-10,16H2,1-4H3. The Morgan fingerprint density at radius 3 is 2.68 bits per heavy atom. The molecule has 4 heteroatoms. The van der Waals surface area contributed by atoms with E-state index in [4.69, 9.17) is 10.5 Å². The van der Waals surface area contributed by atoms with Crippen LogP contribution in [0.1, 0.15) is 40.0 Å². The summed E-state index contributed by atoms with van der Waals surface area (Å²) in [4.78, 5) is 14.3. The molecule has 1 rings (SSSR count). The fourth-order valence-corrected chi connectivity index (χ4v) is 2.87. The highest BCUT2D eigenvalue weighted by molar-refractivity contribution is 5.76. The fraction of sp³-hybridized carbons (Fsp3) is 0.933. The van der Waals surface area contributed by atoms with Gasteiger partial charge in [0.2, 0.25) is 5.91 Å². The first-order valence-electron chi connectivity index (χ1n) is 7.48. The molecule has 0 spiro atoms. The zero-order valence-electron chi connectivity index (χ0n) is 12.9. The van der Waals surface area contributed by atoms with Gasteiger partial charge in [0.15, 0.2) is 0 Å². The van der Waals surface area contributed by atoms with Gasteiger partial charge in [0.25, 0.3) is 0 Å². The summed E-state index contributed by atoms with van der Waals surface area (Å²) in [7, 11) is 1.73. The third-order valence-electron chi connectivity index (χ3n) is 4.15. The molecule has 1 aliphatic rings. The van der Waals surface area contributed by atoms with E-state index in [-0.39, 0.29) is 12.0 Å². The lowest BCUT2D eigenvalue weighted by atomic mass is 9.92. The summed E-state index contributed by atoms with van der Waals surface area (Å²) in [5, 5.41) is 0. The highest BCUT2D eigenvalue weighted by Crippen LogP contribution is 2.22. The second-order valence-corrected chi connectivity index (χ2v) is 6.32. The van der Waals surface area contributed by atoms with Gasteiger partial charge in [-0.05, 0) is 37.1 Å². The van der Waals surface area contributed by atoms with E-state index >= 15 is 0 Å². The van der Waals surface area contributed by atoms with Crippen LogP contribution >= 0.6 is 0 Å². The third-order valence-corrected chi connectivity index (χ3v) is 4.15. The number of methoxy groups -OCH3 is 1. The highest BCUT2D eigenvalue weighted by Gasteiger charge is 2.29. The number of hydrogen-bond acceptors (Lipinski definition) is 3. The second-order valence-electron chi connectivity index (χ2n) is 6.32. The van der Waals surface area contributed by atoms with Crippen molar-refractivity contribution < 1.29 is 9.53 Å². The molecule has 1 amide bonds. The molecule has 112 valence electrons. The molecule has 3 unspecified atom stereocenters. The maximum Gasteiger partial charge on any atom is 0.222 e. The predicted octanol–water partition coefficient (Wildman–Crippen LogP) is 1.88. The van der Waals surface area contributed by atoms with Crippen molar-refractivity contribution in [3.63, 3.8) is 0 Å². The van der Waals surface area contributed by atoms with Crippen LogP contribution in [0.5, 0.6) is 0 Å². The Balaban J connectivity index is 2.48. The summed E-state index contributed by atoms with van der Waals surface area (Å²) in [5.74, 6) is 1.68. The minimum Gasteiger partial charge on any atom is -0.379 e. The van der Waals surface area contributed by atoms with Crippen molar-refractivity contribution in [2.75, 3.05) is 26.7 Å². The van der Waals surface area contributed by atoms with Gasteiger partial charge < -0.3 is 15.4 Å². The van der Waals surface area contributed by atoms with E-state index in [9.17, 15) is 4.79 Å². The van der Waals surface area contributed by atoms with E-state index in [2.05, 4.69) is 20.8 Å². The Labute approximate surface area is 117 Å². The summed E-state index contributed by atoms with van der Waals surface area (Å²) in [6, 6.07) is 0. The van der Waals surface area contributed by atoms with Crippen LogP contribution in [-0.2, 0) is 9.53 Å². The SMILES string of the molecule is COC1CN(C(=O)CC(CN)CC(C)C)CCC1C. The van der Waals surface area contributed by atoms with Crippen LogP contribution in [0.4, 0.5) is 0 Å². The largest absolute Gasteiger partial charge is 0.379 e. The highest BCUT2D eigenvalue weighted by atomic mass is 16.5. The Morgan fingerprint density at radius 1 is 1.47 bits per heavy atom. The molecule has 0 aliphatic carbocycles. The molecule has 1 aliphatic heterocycles. The van der Waals surface area contributed by atoms with Crippen LogP contribution in [0.15, 0.2) is 0 Å². The fourth-order valence-electron chi connectivity index (χ4n) is 2.87. The number of rotatable bonds is 6. The third kappa shape index (κ3) is 5.11. The molecule has 1 saturated heterocycles. The lowest BCUT2D eigenvalue weighted by Crippen LogP contribution is -2.47. The number of ether oxygens (including phenoxy) is 1. The van der Waals surface area contributed by atoms with Gasteiger partial charge in [-0.3, -0.25) is 4.79 Å². The lowest BCUT2D eigenvalue weighted by molar-refractivity contribution is -0.137. The van der Waals surface area contributed by atoms with Gasteiger partial charge in [-0.15, -0.1) is 0 Å². The topological polar surface area (TPSA) is 55.6 Å². The van der Waals surface area contributed by atoms with Crippen molar-refractivity contribution in [1.29, 1.82) is 0 Å². The number of amides is 1. The number of carbonyl (C=O) groups is 1. The van der Waals surface area contributed by atoms with E-state index in [0.29, 0.717) is 30.7 Å². The van der Waals surface area contributed by atoms with Gasteiger partial charge in [-0.25, -0.2) is 0 Å². The summed E-state index contributed by atoms with van der Waals surface area (Å²) < 4.78 is 5.46. The van der Waals surface area contributed by atoms with Gasteiger partial charge in [0.1, 0.15) is 0 Å². The Kier molecular flexibility index (Phi) is 6.80. The van der Waals surface area contributed by atoms with Gasteiger partial charge in [-0.1, -0.05) is 20.8 Å². The molecule has 19 heavy (non-hydrogen) atoms. The van der Waals surface area contributed by atoms with Crippen molar-refractivity contribution in [2.24, 2.45) is 23.5 Å². The molecule has 1 fully saturated rings. The minimum atomic E-state index is 0.180. The number of nitrogens with two attached hydrogens (primary N) is 1. The molecule has 3 atom stereocenters. The average molecular weight is 270 g/mol. The second kappa shape index (κ2) is 7.85. The molecule has 0 radical (unpaired) electrons. The maximum atomic E-state index is 12.3. The lowest BCUT2D eigenvalue weighted by Gasteiger charge is -2.36. The monoisotopic (exact) mass is 270 g/mol. The van der Waals surface area contributed by atoms with Crippen molar-refractivity contribution in [1.82, 2.24) is 4.90 Å². The Bertz CT molecular complexity index is 281. The zero-order valence-corrected chi connectivity index (χ0v) is 12.9. The van der Waals surface area contributed by atoms with Crippen LogP contribution in [0.25, 0.3) is 0 Å². The quantitative estimate of drug-likeness (QED) is 0.802. The van der Waals surface area contributed by atoms with Crippen LogP contribution in [-0.4, -0.2) is 43.7 Å². The number of nitrogens with zero attached hydrogens (tertiary/aromatic N) is 1. The van der Waals surface area contributed by atoms with Crippen molar-refractivity contribution in [3.05, 3.63) is 0 Å². The van der Waals surface area contributed by atoms with E-state index in [1.807, 2.05) is 4.90 Å². The van der Waals surface area contributed by atoms with Crippen LogP contribution < -0.4 is 5.73 Å². The summed E-state index contributed by atoms with van der Waals surface area (Å²) >= 11 is 0. The molecule has 0 aromatic carbocycles. The van der Waals surface area contributed by atoms with Crippen LogP contribution in [0.2, 0.25) is 0 Å². The maximum absolute atomic E-state index is 12.3. The summed E-state index contributed by atoms with van der Waals surface area (Å²) in [5.41, 5.74) is 5.78. The first-order chi connectivity index (χ1) is 8.97. The molecule has 0 saturated carbocycles. The molecule has 0 aromatic rings. The van der Waals surface area contributed by atoms with Gasteiger partial charge in [-0.2, -0.15) is 0 Å². The predicted molar refractivity (Wildman–Crippen MR) is 77.8 cm³/mol. The van der Waals surface area contributed by atoms with Crippen LogP contribution in [0.3, 0.4) is 0 Å². The van der Waals surface area contributed by atoms with E-state index in [0.717, 1.165) is 25.9 Å². The molecule has 1 heterocycles. The van der Waals surface area contributed by atoms with Crippen molar-refractivity contribution in [2.45, 2.75) is 46.1 Å². The van der Waals surface area contributed by atoms with Crippen molar-refractivity contribution in [3.8, 4) is 0 Å². The van der Waals surface area contributed by atoms with E-state index < -0.39 is 0 Å². The van der Waals surface area contributed by atoms with Gasteiger partial charge in [0.05, 0.1) is 6.10 Å². The first kappa shape index (κ1) is 16.4.